The molecule has 0 atom stereocenters. The minimum atomic E-state index is -5.46. The van der Waals surface area contributed by atoms with Crippen LogP contribution in [0.5, 0.6) is 0 Å². The molecular weight excluding hydrogens is 259 g/mol. The molecule has 1 heterocycles. The number of rotatable bonds is 1. The minimum Gasteiger partial charge on any atom is -0.399 e. The Hall–Kier alpha value is -1.77. The Morgan fingerprint density at radius 2 is 1.94 bits per heavy atom. The Bertz CT molecular complexity index is 675. The fourth-order valence-electron chi connectivity index (χ4n) is 1.24. The molecular formula is C8H6F3N3O2S. The standard InChI is InChI=1S/C8H6F3N3O2S/c9-8(10,11)17(15,16)7-13-5-2-1-4(12)3-6(5)14-7/h1-3H,12H2,(H,13,14). The van der Waals surface area contributed by atoms with Crippen LogP contribution in [0.4, 0.5) is 18.9 Å². The van der Waals surface area contributed by atoms with Gasteiger partial charge in [0.1, 0.15) is 0 Å². The topological polar surface area (TPSA) is 88.8 Å². The van der Waals surface area contributed by atoms with Crippen LogP contribution in [-0.4, -0.2) is 23.9 Å². The summed E-state index contributed by atoms with van der Waals surface area (Å²) in [4.78, 5) is 5.46. The summed E-state index contributed by atoms with van der Waals surface area (Å²) in [5, 5.41) is -1.13. The highest BCUT2D eigenvalue weighted by Gasteiger charge is 2.49. The molecule has 2 aromatic rings. The normalized spacial score (nSPS) is 13.1. The van der Waals surface area contributed by atoms with Gasteiger partial charge in [0.2, 0.25) is 5.16 Å². The number of nitrogens with one attached hydrogen (secondary N) is 1. The lowest BCUT2D eigenvalue weighted by molar-refractivity contribution is -0.0439. The number of aromatic amines is 1. The van der Waals surface area contributed by atoms with Gasteiger partial charge in [0, 0.05) is 5.69 Å². The average Bonchev–Trinajstić information content (AvgIpc) is 2.58. The number of alkyl halides is 3. The molecule has 0 saturated carbocycles. The van der Waals surface area contributed by atoms with Crippen molar-refractivity contribution in [2.75, 3.05) is 5.73 Å². The lowest BCUT2D eigenvalue weighted by Gasteiger charge is -2.03. The molecule has 0 radical (unpaired) electrons. The average molecular weight is 265 g/mol. The summed E-state index contributed by atoms with van der Waals surface area (Å²) in [5.74, 6) is 0. The Kier molecular flexibility index (Phi) is 2.31. The van der Waals surface area contributed by atoms with Gasteiger partial charge in [-0.15, -0.1) is 0 Å². The number of halogens is 3. The predicted molar refractivity (Wildman–Crippen MR) is 53.7 cm³/mol. The summed E-state index contributed by atoms with van der Waals surface area (Å²) in [6.45, 7) is 0. The monoisotopic (exact) mass is 265 g/mol. The zero-order valence-electron chi connectivity index (χ0n) is 8.12. The number of anilines is 1. The lowest BCUT2D eigenvalue weighted by atomic mass is 10.3. The molecule has 2 rings (SSSR count). The number of fused-ring (bicyclic) bond motifs is 1. The smallest absolute Gasteiger partial charge is 0.399 e. The molecule has 17 heavy (non-hydrogen) atoms. The molecule has 0 spiro atoms. The van der Waals surface area contributed by atoms with Crippen molar-refractivity contribution in [3.63, 3.8) is 0 Å². The van der Waals surface area contributed by atoms with Crippen molar-refractivity contribution >= 4 is 26.6 Å². The first-order valence-electron chi connectivity index (χ1n) is 4.28. The number of nitrogen functional groups attached to an aromatic ring is 1. The molecule has 3 N–H and O–H groups in total. The third-order valence-electron chi connectivity index (χ3n) is 2.04. The fourth-order valence-corrected chi connectivity index (χ4v) is 1.92. The molecule has 0 aliphatic carbocycles. The summed E-state index contributed by atoms with van der Waals surface area (Å²) in [6, 6.07) is 4.04. The van der Waals surface area contributed by atoms with E-state index in [1.165, 1.54) is 18.2 Å². The van der Waals surface area contributed by atoms with E-state index in [1.54, 1.807) is 0 Å². The molecule has 5 nitrogen and oxygen atoms in total. The maximum Gasteiger partial charge on any atom is 0.504 e. The summed E-state index contributed by atoms with van der Waals surface area (Å²) >= 11 is 0. The number of aromatic nitrogens is 2. The summed E-state index contributed by atoms with van der Waals surface area (Å²) < 4.78 is 58.9. The van der Waals surface area contributed by atoms with Gasteiger partial charge in [0.25, 0.3) is 0 Å². The lowest BCUT2D eigenvalue weighted by Crippen LogP contribution is -2.24. The Labute approximate surface area is 93.4 Å². The number of sulfone groups is 1. The van der Waals surface area contributed by atoms with Crippen molar-refractivity contribution in [2.45, 2.75) is 10.7 Å². The van der Waals surface area contributed by atoms with Crippen molar-refractivity contribution in [1.29, 1.82) is 0 Å². The maximum atomic E-state index is 12.3. The highest BCUT2D eigenvalue weighted by atomic mass is 32.2. The molecule has 92 valence electrons. The van der Waals surface area contributed by atoms with E-state index in [1.807, 2.05) is 0 Å². The molecule has 0 amide bonds. The molecule has 0 bridgehead atoms. The van der Waals surface area contributed by atoms with Gasteiger partial charge in [-0.25, -0.2) is 13.4 Å². The van der Waals surface area contributed by atoms with Crippen LogP contribution in [0, 0.1) is 0 Å². The zero-order chi connectivity index (χ0) is 12.8. The van der Waals surface area contributed by atoms with Crippen LogP contribution in [0.3, 0.4) is 0 Å². The Balaban J connectivity index is 2.66. The molecule has 0 unspecified atom stereocenters. The van der Waals surface area contributed by atoms with Gasteiger partial charge in [-0.3, -0.25) is 0 Å². The summed E-state index contributed by atoms with van der Waals surface area (Å²) in [6.07, 6.45) is 0. The number of benzene rings is 1. The number of nitrogens with two attached hydrogens (primary N) is 1. The minimum absolute atomic E-state index is 0.0991. The molecule has 9 heteroatoms. The second-order valence-corrected chi connectivity index (χ2v) is 5.12. The molecule has 1 aromatic carbocycles. The third-order valence-corrected chi connectivity index (χ3v) is 3.36. The van der Waals surface area contributed by atoms with Gasteiger partial charge in [-0.1, -0.05) is 0 Å². The SMILES string of the molecule is Nc1ccc2nc(S(=O)(=O)C(F)(F)F)[nH]c2c1. The number of hydrogen-bond donors (Lipinski definition) is 2. The molecule has 0 saturated heterocycles. The number of imidazole rings is 1. The van der Waals surface area contributed by atoms with E-state index in [4.69, 9.17) is 5.73 Å². The van der Waals surface area contributed by atoms with E-state index in [-0.39, 0.29) is 16.7 Å². The number of nitrogens with zero attached hydrogens (tertiary/aromatic N) is 1. The molecule has 0 aliphatic rings. The van der Waals surface area contributed by atoms with Crippen molar-refractivity contribution < 1.29 is 21.6 Å². The number of hydrogen-bond acceptors (Lipinski definition) is 4. The van der Waals surface area contributed by atoms with Crippen LogP contribution in [0.25, 0.3) is 11.0 Å². The van der Waals surface area contributed by atoms with E-state index >= 15 is 0 Å². The van der Waals surface area contributed by atoms with Crippen molar-refractivity contribution in [3.8, 4) is 0 Å². The highest BCUT2D eigenvalue weighted by Crippen LogP contribution is 2.29. The van der Waals surface area contributed by atoms with E-state index in [0.717, 1.165) is 0 Å². The zero-order valence-corrected chi connectivity index (χ0v) is 8.93. The first-order chi connectivity index (χ1) is 7.72. The maximum absolute atomic E-state index is 12.3. The summed E-state index contributed by atoms with van der Waals surface area (Å²) in [5.41, 5.74) is 0.546. The van der Waals surface area contributed by atoms with Crippen molar-refractivity contribution in [2.24, 2.45) is 0 Å². The van der Waals surface area contributed by atoms with Crippen LogP contribution >= 0.6 is 0 Å². The Morgan fingerprint density at radius 3 is 2.53 bits per heavy atom. The van der Waals surface area contributed by atoms with Gasteiger partial charge in [-0.05, 0) is 18.2 Å². The van der Waals surface area contributed by atoms with Crippen LogP contribution in [0.1, 0.15) is 0 Å². The van der Waals surface area contributed by atoms with E-state index in [0.29, 0.717) is 0 Å². The quantitative estimate of drug-likeness (QED) is 0.763. The first kappa shape index (κ1) is 11.7. The highest BCUT2D eigenvalue weighted by molar-refractivity contribution is 7.92. The second-order valence-electron chi connectivity index (χ2n) is 3.27. The van der Waals surface area contributed by atoms with E-state index < -0.39 is 20.5 Å². The van der Waals surface area contributed by atoms with Crippen LogP contribution < -0.4 is 5.73 Å². The largest absolute Gasteiger partial charge is 0.504 e. The molecule has 1 aromatic heterocycles. The van der Waals surface area contributed by atoms with Crippen molar-refractivity contribution in [1.82, 2.24) is 9.97 Å². The van der Waals surface area contributed by atoms with E-state index in [2.05, 4.69) is 9.97 Å². The third kappa shape index (κ3) is 1.82. The van der Waals surface area contributed by atoms with Crippen LogP contribution in [0.15, 0.2) is 23.4 Å². The van der Waals surface area contributed by atoms with E-state index in [9.17, 15) is 21.6 Å². The number of H-pyrrole nitrogens is 1. The van der Waals surface area contributed by atoms with Gasteiger partial charge in [-0.2, -0.15) is 13.2 Å². The summed E-state index contributed by atoms with van der Waals surface area (Å²) in [7, 11) is -5.46. The van der Waals surface area contributed by atoms with Gasteiger partial charge in [0.15, 0.2) is 0 Å². The van der Waals surface area contributed by atoms with Gasteiger partial charge in [0.05, 0.1) is 11.0 Å². The van der Waals surface area contributed by atoms with Crippen molar-refractivity contribution in [3.05, 3.63) is 18.2 Å². The van der Waals surface area contributed by atoms with Gasteiger partial charge < -0.3 is 10.7 Å². The molecule has 0 fully saturated rings. The second kappa shape index (κ2) is 3.36. The van der Waals surface area contributed by atoms with Crippen LogP contribution in [-0.2, 0) is 9.84 Å². The predicted octanol–water partition coefficient (Wildman–Crippen LogP) is 1.44. The Morgan fingerprint density at radius 1 is 1.29 bits per heavy atom. The molecule has 0 aliphatic heterocycles. The van der Waals surface area contributed by atoms with Gasteiger partial charge >= 0.3 is 15.3 Å². The first-order valence-corrected chi connectivity index (χ1v) is 5.77. The van der Waals surface area contributed by atoms with Crippen LogP contribution in [0.2, 0.25) is 0 Å². The fraction of sp³-hybridized carbons (Fsp3) is 0.125.